The average molecular weight is 492 g/mol. The van der Waals surface area contributed by atoms with Gasteiger partial charge in [0.1, 0.15) is 17.5 Å². The van der Waals surface area contributed by atoms with Crippen molar-refractivity contribution in [1.29, 1.82) is 0 Å². The number of carbonyl (C=O) groups excluding carboxylic acids is 3. The molecule has 2 aromatic rings. The highest BCUT2D eigenvalue weighted by Crippen LogP contribution is 2.55. The summed E-state index contributed by atoms with van der Waals surface area (Å²) in [7, 11) is 0. The number of likely N-dealkylation sites (tertiary alicyclic amines) is 1. The molecule has 2 N–H and O–H groups in total. The number of aryl methyl sites for hydroxylation is 1. The normalized spacial score (nSPS) is 28.4. The minimum absolute atomic E-state index is 0.0345. The molecule has 3 aliphatic rings. The van der Waals surface area contributed by atoms with E-state index in [9.17, 15) is 18.8 Å². The van der Waals surface area contributed by atoms with Crippen molar-refractivity contribution in [2.45, 2.75) is 57.5 Å². The van der Waals surface area contributed by atoms with E-state index in [0.717, 1.165) is 11.1 Å². The molecule has 2 fully saturated rings. The number of para-hydroxylation sites is 1. The molecule has 0 saturated carbocycles. The second kappa shape index (κ2) is 8.55. The molecule has 5 rings (SSSR count). The van der Waals surface area contributed by atoms with Gasteiger partial charge in [-0.15, -0.1) is 0 Å². The third-order valence-corrected chi connectivity index (χ3v) is 7.03. The van der Waals surface area contributed by atoms with Crippen molar-refractivity contribution in [3.05, 3.63) is 77.6 Å². The van der Waals surface area contributed by atoms with Crippen LogP contribution in [0.25, 0.3) is 0 Å². The Kier molecular flexibility index (Phi) is 5.75. The van der Waals surface area contributed by atoms with Crippen LogP contribution in [-0.4, -0.2) is 45.9 Å². The second-order valence-corrected chi connectivity index (χ2v) is 10.9. The number of carbonyl (C=O) groups is 3. The van der Waals surface area contributed by atoms with Crippen LogP contribution < -0.4 is 10.6 Å². The molecule has 36 heavy (non-hydrogen) atoms. The Bertz CT molecular complexity index is 1250. The smallest absolute Gasteiger partial charge is 0.246 e. The largest absolute Gasteiger partial charge is 0.359 e. The first-order valence-electron chi connectivity index (χ1n) is 12.1. The van der Waals surface area contributed by atoms with Crippen LogP contribution in [0.15, 0.2) is 60.7 Å². The third-order valence-electron chi connectivity index (χ3n) is 7.03. The van der Waals surface area contributed by atoms with Gasteiger partial charge in [-0.2, -0.15) is 0 Å². The summed E-state index contributed by atoms with van der Waals surface area (Å²) in [6, 6.07) is 12.7. The maximum absolute atomic E-state index is 14.2. The van der Waals surface area contributed by atoms with E-state index >= 15 is 0 Å². The highest BCUT2D eigenvalue weighted by Gasteiger charge is 2.72. The zero-order valence-corrected chi connectivity index (χ0v) is 20.7. The Morgan fingerprint density at radius 1 is 1.08 bits per heavy atom. The van der Waals surface area contributed by atoms with Crippen LogP contribution in [0.2, 0.25) is 0 Å². The molecule has 2 bridgehead atoms. The number of benzene rings is 2. The lowest BCUT2D eigenvalue weighted by molar-refractivity contribution is -0.142. The second-order valence-electron chi connectivity index (χ2n) is 10.9. The Hall–Kier alpha value is -3.52. The zero-order valence-electron chi connectivity index (χ0n) is 20.7. The molecular weight excluding hydrogens is 461 g/mol. The zero-order chi connectivity index (χ0) is 25.8. The van der Waals surface area contributed by atoms with Crippen LogP contribution in [0.4, 0.5) is 10.1 Å². The van der Waals surface area contributed by atoms with Crippen LogP contribution >= 0.6 is 0 Å². The van der Waals surface area contributed by atoms with Crippen molar-refractivity contribution < 1.29 is 23.5 Å². The SMILES string of the molecule is Cc1ccc(CN2C(=O)[C@@H]3[C@@H](C(=O)Nc4ccccc4F)[C@H]4C=C[C@@]3(O4)[C@@H]2C(=O)NC(C)(C)C)cc1. The van der Waals surface area contributed by atoms with E-state index in [1.807, 2.05) is 52.0 Å². The van der Waals surface area contributed by atoms with Crippen molar-refractivity contribution in [3.63, 3.8) is 0 Å². The number of hydrogen-bond acceptors (Lipinski definition) is 4. The maximum atomic E-state index is 14.2. The van der Waals surface area contributed by atoms with E-state index in [-0.39, 0.29) is 24.0 Å². The minimum atomic E-state index is -1.28. The summed E-state index contributed by atoms with van der Waals surface area (Å²) in [4.78, 5) is 42.5. The van der Waals surface area contributed by atoms with Crippen LogP contribution in [-0.2, 0) is 25.7 Å². The summed E-state index contributed by atoms with van der Waals surface area (Å²) in [5.41, 5.74) is 0.168. The van der Waals surface area contributed by atoms with Crippen molar-refractivity contribution in [2.24, 2.45) is 11.8 Å². The monoisotopic (exact) mass is 491 g/mol. The molecule has 188 valence electrons. The van der Waals surface area contributed by atoms with Crippen molar-refractivity contribution in [1.82, 2.24) is 10.2 Å². The number of rotatable bonds is 5. The van der Waals surface area contributed by atoms with E-state index < -0.39 is 46.8 Å². The number of nitrogens with zero attached hydrogens (tertiary/aromatic N) is 1. The van der Waals surface area contributed by atoms with Gasteiger partial charge < -0.3 is 20.3 Å². The molecule has 3 heterocycles. The predicted molar refractivity (Wildman–Crippen MR) is 132 cm³/mol. The Balaban J connectivity index is 1.51. The molecule has 2 aromatic carbocycles. The highest BCUT2D eigenvalue weighted by molar-refractivity contribution is 6.02. The molecular formula is C28H30FN3O4. The number of nitrogens with one attached hydrogen (secondary N) is 2. The molecule has 3 amide bonds. The molecule has 2 saturated heterocycles. The van der Waals surface area contributed by atoms with Crippen LogP contribution in [0, 0.1) is 24.6 Å². The maximum Gasteiger partial charge on any atom is 0.246 e. The lowest BCUT2D eigenvalue weighted by Gasteiger charge is -2.34. The van der Waals surface area contributed by atoms with Gasteiger partial charge in [0.05, 0.1) is 23.6 Å². The van der Waals surface area contributed by atoms with Crippen LogP contribution in [0.3, 0.4) is 0 Å². The molecule has 8 heteroatoms. The molecule has 3 aliphatic heterocycles. The first kappa shape index (κ1) is 24.2. The van der Waals surface area contributed by atoms with Gasteiger partial charge in [-0.05, 0) is 45.4 Å². The molecule has 0 radical (unpaired) electrons. The fourth-order valence-corrected chi connectivity index (χ4v) is 5.54. The molecule has 0 aromatic heterocycles. The Labute approximate surface area is 209 Å². The number of anilines is 1. The lowest BCUT2D eigenvalue weighted by Crippen LogP contribution is -2.57. The van der Waals surface area contributed by atoms with Gasteiger partial charge in [-0.3, -0.25) is 14.4 Å². The molecule has 1 spiro atoms. The lowest BCUT2D eigenvalue weighted by atomic mass is 9.74. The summed E-state index contributed by atoms with van der Waals surface area (Å²) in [5.74, 6) is -3.55. The fourth-order valence-electron chi connectivity index (χ4n) is 5.54. The van der Waals surface area contributed by atoms with Gasteiger partial charge >= 0.3 is 0 Å². The number of hydrogen-bond donors (Lipinski definition) is 2. The van der Waals surface area contributed by atoms with Gasteiger partial charge in [-0.25, -0.2) is 4.39 Å². The van der Waals surface area contributed by atoms with E-state index in [1.54, 1.807) is 18.2 Å². The number of halogens is 1. The van der Waals surface area contributed by atoms with Gasteiger partial charge in [0.2, 0.25) is 17.7 Å². The molecule has 5 atom stereocenters. The summed E-state index contributed by atoms with van der Waals surface area (Å²) in [6.07, 6.45) is 2.81. The fraction of sp³-hybridized carbons (Fsp3) is 0.393. The quantitative estimate of drug-likeness (QED) is 0.628. The predicted octanol–water partition coefficient (Wildman–Crippen LogP) is 3.34. The van der Waals surface area contributed by atoms with Crippen molar-refractivity contribution in [2.75, 3.05) is 5.32 Å². The Morgan fingerprint density at radius 2 is 1.78 bits per heavy atom. The van der Waals surface area contributed by atoms with E-state index in [0.29, 0.717) is 0 Å². The topological polar surface area (TPSA) is 87.7 Å². The van der Waals surface area contributed by atoms with Gasteiger partial charge in [0.25, 0.3) is 0 Å². The highest BCUT2D eigenvalue weighted by atomic mass is 19.1. The van der Waals surface area contributed by atoms with E-state index in [2.05, 4.69) is 10.6 Å². The third kappa shape index (κ3) is 3.99. The van der Waals surface area contributed by atoms with Crippen molar-refractivity contribution >= 4 is 23.4 Å². The standard InChI is InChI=1S/C28H30FN3O4/c1-16-9-11-17(12-10-16)15-32-23(25(34)31-27(2,3)4)28-14-13-20(36-28)21(22(28)26(32)35)24(33)30-19-8-6-5-7-18(19)29/h5-14,20-23H,15H2,1-4H3,(H,30,33)(H,31,34)/t20-,21+,22+,23+,28+/m1/s1. The summed E-state index contributed by atoms with van der Waals surface area (Å²) < 4.78 is 20.5. The van der Waals surface area contributed by atoms with Gasteiger partial charge in [0, 0.05) is 12.1 Å². The molecule has 0 aliphatic carbocycles. The van der Waals surface area contributed by atoms with E-state index in [1.165, 1.54) is 23.1 Å². The van der Waals surface area contributed by atoms with Gasteiger partial charge in [0.15, 0.2) is 0 Å². The molecule has 7 nitrogen and oxygen atoms in total. The summed E-state index contributed by atoms with van der Waals surface area (Å²) in [6.45, 7) is 7.78. The first-order chi connectivity index (χ1) is 17.0. The summed E-state index contributed by atoms with van der Waals surface area (Å²) in [5, 5.41) is 5.61. The van der Waals surface area contributed by atoms with Crippen LogP contribution in [0.5, 0.6) is 0 Å². The number of amides is 3. The van der Waals surface area contributed by atoms with Crippen LogP contribution in [0.1, 0.15) is 31.9 Å². The average Bonchev–Trinajstić information content (AvgIpc) is 3.43. The van der Waals surface area contributed by atoms with E-state index in [4.69, 9.17) is 4.74 Å². The first-order valence-corrected chi connectivity index (χ1v) is 12.1. The summed E-state index contributed by atoms with van der Waals surface area (Å²) >= 11 is 0. The van der Waals surface area contributed by atoms with Gasteiger partial charge in [-0.1, -0.05) is 54.1 Å². The number of ether oxygens (including phenoxy) is 1. The minimum Gasteiger partial charge on any atom is -0.359 e. The molecule has 0 unspecified atom stereocenters. The Morgan fingerprint density at radius 3 is 2.44 bits per heavy atom. The van der Waals surface area contributed by atoms with Crippen molar-refractivity contribution in [3.8, 4) is 0 Å². The number of fused-ring (bicyclic) bond motifs is 1.